The maximum atomic E-state index is 14.6. The molecule has 13 heteroatoms. The SMILES string of the molecule is C=CCNC(=O)C(=O)C(CC1CC1)NC(=O)[C@@H]1[C@@H](C(C)C)CCN1C(=O)[C@@H](NC(=O)[C@@H](NC(=O)C1=NC=CNC1C)C1CCCCC1)C(C)(C)C. The van der Waals surface area contributed by atoms with Crippen molar-refractivity contribution in [1.82, 2.24) is 31.5 Å². The van der Waals surface area contributed by atoms with E-state index in [2.05, 4.69) is 38.2 Å². The highest BCUT2D eigenvalue weighted by Crippen LogP contribution is 2.36. The van der Waals surface area contributed by atoms with Crippen LogP contribution < -0.4 is 26.6 Å². The Bertz CT molecular complexity index is 1390. The number of aliphatic imine (C=N–C) groups is 1. The van der Waals surface area contributed by atoms with Crippen LogP contribution in [0.25, 0.3) is 0 Å². The number of hydrogen-bond acceptors (Lipinski definition) is 8. The van der Waals surface area contributed by atoms with Crippen LogP contribution in [0, 0.1) is 29.1 Å². The Morgan fingerprint density at radius 1 is 1.00 bits per heavy atom. The monoisotopic (exact) mass is 709 g/mol. The van der Waals surface area contributed by atoms with Crippen molar-refractivity contribution >= 4 is 41.0 Å². The number of ketones is 1. The summed E-state index contributed by atoms with van der Waals surface area (Å²) in [5.74, 6) is -3.30. The number of Topliss-reactive ketones (excluding diaryl/α,β-unsaturated/α-hetero) is 1. The second kappa shape index (κ2) is 17.5. The van der Waals surface area contributed by atoms with Crippen molar-refractivity contribution in [3.8, 4) is 0 Å². The highest BCUT2D eigenvalue weighted by Gasteiger charge is 2.48. The van der Waals surface area contributed by atoms with Gasteiger partial charge in [-0.2, -0.15) is 0 Å². The summed E-state index contributed by atoms with van der Waals surface area (Å²) in [5, 5.41) is 14.4. The van der Waals surface area contributed by atoms with Crippen molar-refractivity contribution < 1.29 is 28.8 Å². The standard InChI is InChI=1S/C38H59N7O6/c1-8-17-41-36(50)31(46)27(21-24-14-15-24)42-35(49)30-26(22(2)3)16-20-45(30)37(51)32(38(5,6)7)44-34(48)29(25-12-10-9-11-13-25)43-33(47)28-23(4)39-18-19-40-28/h8,18-19,22-27,29-30,32,39H,1,9-17,20-21H2,2-7H3,(H,41,50)(H,42,49)(H,43,47)(H,44,48)/t23?,26-,27?,29+,30+,32-/m1/s1. The Morgan fingerprint density at radius 2 is 1.69 bits per heavy atom. The van der Waals surface area contributed by atoms with Crippen LogP contribution in [0.2, 0.25) is 0 Å². The Kier molecular flexibility index (Phi) is 13.6. The van der Waals surface area contributed by atoms with E-state index in [1.54, 1.807) is 6.20 Å². The minimum Gasteiger partial charge on any atom is -0.381 e. The zero-order chi connectivity index (χ0) is 37.5. The molecule has 0 aromatic rings. The van der Waals surface area contributed by atoms with Crippen LogP contribution in [0.5, 0.6) is 0 Å². The van der Waals surface area contributed by atoms with E-state index in [0.29, 0.717) is 19.4 Å². The molecular weight excluding hydrogens is 650 g/mol. The van der Waals surface area contributed by atoms with Crippen LogP contribution >= 0.6 is 0 Å². The number of nitrogens with zero attached hydrogens (tertiary/aromatic N) is 2. The zero-order valence-corrected chi connectivity index (χ0v) is 31.3. The van der Waals surface area contributed by atoms with Gasteiger partial charge >= 0.3 is 0 Å². The molecule has 13 nitrogen and oxygen atoms in total. The minimum atomic E-state index is -1.02. The van der Waals surface area contributed by atoms with Gasteiger partial charge in [-0.3, -0.25) is 33.8 Å². The van der Waals surface area contributed by atoms with Gasteiger partial charge in [-0.25, -0.2) is 0 Å². The highest BCUT2D eigenvalue weighted by molar-refractivity contribution is 6.41. The normalized spacial score (nSPS) is 24.0. The number of amides is 5. The van der Waals surface area contributed by atoms with Crippen LogP contribution in [0.4, 0.5) is 0 Å². The van der Waals surface area contributed by atoms with E-state index in [9.17, 15) is 28.8 Å². The molecule has 5 amide bonds. The highest BCUT2D eigenvalue weighted by atomic mass is 16.2. The number of hydrogen-bond donors (Lipinski definition) is 5. The van der Waals surface area contributed by atoms with E-state index in [-0.39, 0.29) is 42.0 Å². The largest absolute Gasteiger partial charge is 0.381 e. The third-order valence-corrected chi connectivity index (χ3v) is 10.7. The molecular formula is C38H59N7O6. The van der Waals surface area contributed by atoms with Crippen molar-refractivity contribution in [3.63, 3.8) is 0 Å². The van der Waals surface area contributed by atoms with Crippen LogP contribution in [0.3, 0.4) is 0 Å². The van der Waals surface area contributed by atoms with Gasteiger partial charge in [0.1, 0.15) is 23.8 Å². The smallest absolute Gasteiger partial charge is 0.289 e. The molecule has 0 bridgehead atoms. The molecule has 0 aromatic heterocycles. The second-order valence-corrected chi connectivity index (χ2v) is 16.2. The molecule has 1 saturated heterocycles. The molecule has 4 aliphatic rings. The third-order valence-electron chi connectivity index (χ3n) is 10.7. The van der Waals surface area contributed by atoms with E-state index in [1.165, 1.54) is 17.2 Å². The van der Waals surface area contributed by atoms with E-state index >= 15 is 0 Å². The molecule has 2 heterocycles. The molecule has 3 fully saturated rings. The summed E-state index contributed by atoms with van der Waals surface area (Å²) in [4.78, 5) is 88.1. The maximum Gasteiger partial charge on any atom is 0.289 e. The number of likely N-dealkylation sites (tertiary alicyclic amines) is 1. The molecule has 282 valence electrons. The van der Waals surface area contributed by atoms with Crippen LogP contribution in [0.1, 0.15) is 99.3 Å². The van der Waals surface area contributed by atoms with Gasteiger partial charge in [-0.15, -0.1) is 6.58 Å². The van der Waals surface area contributed by atoms with Crippen molar-refractivity contribution in [2.24, 2.45) is 34.1 Å². The predicted octanol–water partition coefficient (Wildman–Crippen LogP) is 2.52. The summed E-state index contributed by atoms with van der Waals surface area (Å²) >= 11 is 0. The average molecular weight is 710 g/mol. The first-order valence-corrected chi connectivity index (χ1v) is 18.8. The first kappa shape index (κ1) is 39.8. The summed E-state index contributed by atoms with van der Waals surface area (Å²) in [6, 6.07) is -4.13. The molecule has 0 aromatic carbocycles. The number of nitrogens with one attached hydrogen (secondary N) is 5. The van der Waals surface area contributed by atoms with Crippen molar-refractivity contribution in [2.75, 3.05) is 13.1 Å². The molecule has 6 atom stereocenters. The topological polar surface area (TPSA) is 178 Å². The van der Waals surface area contributed by atoms with Gasteiger partial charge in [0.2, 0.25) is 23.5 Å². The fourth-order valence-electron chi connectivity index (χ4n) is 7.56. The predicted molar refractivity (Wildman–Crippen MR) is 195 cm³/mol. The second-order valence-electron chi connectivity index (χ2n) is 16.2. The number of rotatable bonds is 15. The lowest BCUT2D eigenvalue weighted by Gasteiger charge is -2.38. The Morgan fingerprint density at radius 3 is 2.27 bits per heavy atom. The fraction of sp³-hybridized carbons (Fsp3) is 0.711. The average Bonchev–Trinajstić information content (AvgIpc) is 3.80. The van der Waals surface area contributed by atoms with Gasteiger partial charge in [0.25, 0.3) is 11.8 Å². The van der Waals surface area contributed by atoms with Gasteiger partial charge in [0, 0.05) is 25.5 Å². The summed E-state index contributed by atoms with van der Waals surface area (Å²) in [6.07, 6.45) is 11.9. The van der Waals surface area contributed by atoms with Gasteiger partial charge < -0.3 is 31.5 Å². The maximum absolute atomic E-state index is 14.6. The third kappa shape index (κ3) is 10.3. The van der Waals surface area contributed by atoms with E-state index in [0.717, 1.165) is 44.9 Å². The number of carbonyl (C=O) groups excluding carboxylic acids is 6. The summed E-state index contributed by atoms with van der Waals surface area (Å²) < 4.78 is 0. The van der Waals surface area contributed by atoms with Crippen molar-refractivity contribution in [2.45, 2.75) is 130 Å². The molecule has 2 unspecified atom stereocenters. The molecule has 2 aliphatic carbocycles. The lowest BCUT2D eigenvalue weighted by molar-refractivity contribution is -0.146. The van der Waals surface area contributed by atoms with Gasteiger partial charge in [-0.05, 0) is 61.7 Å². The molecule has 2 saturated carbocycles. The lowest BCUT2D eigenvalue weighted by atomic mass is 9.81. The van der Waals surface area contributed by atoms with Crippen LogP contribution in [-0.2, 0) is 28.8 Å². The molecule has 0 spiro atoms. The zero-order valence-electron chi connectivity index (χ0n) is 31.3. The van der Waals surface area contributed by atoms with Gasteiger partial charge in [0.05, 0.1) is 12.1 Å². The summed E-state index contributed by atoms with van der Waals surface area (Å²) in [7, 11) is 0. The first-order valence-electron chi connectivity index (χ1n) is 18.8. The van der Waals surface area contributed by atoms with E-state index in [4.69, 9.17) is 0 Å². The van der Waals surface area contributed by atoms with Gasteiger partial charge in [0.15, 0.2) is 0 Å². The van der Waals surface area contributed by atoms with E-state index < -0.39 is 64.9 Å². The van der Waals surface area contributed by atoms with Crippen LogP contribution in [-0.4, -0.2) is 89.2 Å². The fourth-order valence-corrected chi connectivity index (χ4v) is 7.56. The van der Waals surface area contributed by atoms with Crippen LogP contribution in [0.15, 0.2) is 30.0 Å². The first-order chi connectivity index (χ1) is 24.1. The Hall–Kier alpha value is -4.03. The Labute approximate surface area is 302 Å². The van der Waals surface area contributed by atoms with Gasteiger partial charge in [-0.1, -0.05) is 72.8 Å². The lowest BCUT2D eigenvalue weighted by Crippen LogP contribution is -2.63. The minimum absolute atomic E-state index is 0.0371. The molecule has 5 N–H and O–H groups in total. The van der Waals surface area contributed by atoms with E-state index in [1.807, 2.05) is 41.5 Å². The van der Waals surface area contributed by atoms with Crippen molar-refractivity contribution in [1.29, 1.82) is 0 Å². The Balaban J connectivity index is 1.57. The molecule has 4 rings (SSSR count). The molecule has 2 aliphatic heterocycles. The quantitative estimate of drug-likeness (QED) is 0.128. The van der Waals surface area contributed by atoms with Crippen molar-refractivity contribution in [3.05, 3.63) is 25.1 Å². The molecule has 0 radical (unpaired) electrons. The number of carbonyl (C=O) groups is 6. The summed E-state index contributed by atoms with van der Waals surface area (Å²) in [5.41, 5.74) is -0.480. The summed E-state index contributed by atoms with van der Waals surface area (Å²) in [6.45, 7) is 15.4. The molecule has 51 heavy (non-hydrogen) atoms.